The van der Waals surface area contributed by atoms with E-state index in [1.165, 1.54) is 4.90 Å². The number of nitrogens with zero attached hydrogens (tertiary/aromatic N) is 2. The molecule has 1 aromatic heterocycles. The van der Waals surface area contributed by atoms with Gasteiger partial charge >= 0.3 is 6.09 Å². The lowest BCUT2D eigenvalue weighted by Gasteiger charge is -2.12. The molecule has 1 aliphatic rings. The highest BCUT2D eigenvalue weighted by Gasteiger charge is 2.33. The number of carbonyl (C=O) groups is 1. The van der Waals surface area contributed by atoms with Crippen LogP contribution >= 0.6 is 0 Å². The zero-order valence-corrected chi connectivity index (χ0v) is 12.8. The molecule has 0 radical (unpaired) electrons. The van der Waals surface area contributed by atoms with Crippen LogP contribution in [0.4, 0.5) is 10.5 Å². The van der Waals surface area contributed by atoms with Gasteiger partial charge in [0.25, 0.3) is 10.1 Å². The van der Waals surface area contributed by atoms with Crippen LogP contribution in [-0.2, 0) is 19.0 Å². The molecule has 3 rings (SSSR count). The van der Waals surface area contributed by atoms with E-state index in [2.05, 4.69) is 9.34 Å². The Kier molecular flexibility index (Phi) is 3.53. The van der Waals surface area contributed by atoms with Gasteiger partial charge in [0.05, 0.1) is 24.2 Å². The normalized spacial score (nSPS) is 18.9. The Morgan fingerprint density at radius 1 is 1.45 bits per heavy atom. The van der Waals surface area contributed by atoms with Gasteiger partial charge in [-0.15, -0.1) is 0 Å². The Morgan fingerprint density at radius 3 is 2.95 bits per heavy atom. The summed E-state index contributed by atoms with van der Waals surface area (Å²) in [7, 11) is -3.57. The van der Waals surface area contributed by atoms with Crippen molar-refractivity contribution >= 4 is 32.9 Å². The van der Waals surface area contributed by atoms with Crippen molar-refractivity contribution in [1.82, 2.24) is 5.16 Å². The number of anilines is 1. The zero-order chi connectivity index (χ0) is 15.9. The van der Waals surface area contributed by atoms with E-state index in [1.54, 1.807) is 12.1 Å². The third-order valence-corrected chi connectivity index (χ3v) is 3.85. The molecular formula is C13H14N2O6S. The van der Waals surface area contributed by atoms with E-state index in [0.717, 1.165) is 17.3 Å². The van der Waals surface area contributed by atoms with Gasteiger partial charge in [0.15, 0.2) is 5.58 Å². The number of ether oxygens (including phenoxy) is 1. The van der Waals surface area contributed by atoms with Crippen molar-refractivity contribution in [2.75, 3.05) is 24.3 Å². The molecule has 0 N–H and O–H groups in total. The Morgan fingerprint density at radius 2 is 2.23 bits per heavy atom. The second-order valence-electron chi connectivity index (χ2n) is 5.05. The van der Waals surface area contributed by atoms with E-state index in [4.69, 9.17) is 9.26 Å². The number of cyclic esters (lactones) is 1. The van der Waals surface area contributed by atoms with Crippen molar-refractivity contribution < 1.29 is 26.7 Å². The first-order valence-corrected chi connectivity index (χ1v) is 8.34. The molecule has 1 amide bonds. The summed E-state index contributed by atoms with van der Waals surface area (Å²) in [4.78, 5) is 13.3. The molecule has 0 saturated carbocycles. The van der Waals surface area contributed by atoms with Crippen LogP contribution in [0.25, 0.3) is 11.0 Å². The van der Waals surface area contributed by atoms with Crippen molar-refractivity contribution in [3.8, 4) is 0 Å². The fourth-order valence-electron chi connectivity index (χ4n) is 2.24. The van der Waals surface area contributed by atoms with Crippen molar-refractivity contribution in [2.45, 2.75) is 13.0 Å². The molecule has 0 spiro atoms. The monoisotopic (exact) mass is 326 g/mol. The molecule has 118 valence electrons. The molecule has 0 aliphatic carbocycles. The number of carbonyl (C=O) groups excluding carboxylic acids is 1. The maximum Gasteiger partial charge on any atom is 0.414 e. The van der Waals surface area contributed by atoms with Gasteiger partial charge in [-0.1, -0.05) is 5.16 Å². The van der Waals surface area contributed by atoms with Gasteiger partial charge in [0.2, 0.25) is 0 Å². The van der Waals surface area contributed by atoms with Crippen LogP contribution in [0.15, 0.2) is 22.7 Å². The summed E-state index contributed by atoms with van der Waals surface area (Å²) in [5.74, 6) is 0. The quantitative estimate of drug-likeness (QED) is 0.784. The summed E-state index contributed by atoms with van der Waals surface area (Å²) in [5.41, 5.74) is 1.93. The van der Waals surface area contributed by atoms with Crippen LogP contribution in [0.2, 0.25) is 0 Å². The van der Waals surface area contributed by atoms with Crippen LogP contribution in [-0.4, -0.2) is 45.2 Å². The summed E-state index contributed by atoms with van der Waals surface area (Å²) in [6.07, 6.45) is -0.256. The molecular weight excluding hydrogens is 312 g/mol. The number of aromatic nitrogens is 1. The summed E-state index contributed by atoms with van der Waals surface area (Å²) < 4.78 is 36.9. The lowest BCUT2D eigenvalue weighted by Crippen LogP contribution is -2.26. The maximum absolute atomic E-state index is 11.9. The number of aryl methyl sites for hydroxylation is 1. The molecule has 1 atom stereocenters. The molecule has 1 aromatic carbocycles. The third-order valence-electron chi connectivity index (χ3n) is 3.29. The van der Waals surface area contributed by atoms with Crippen molar-refractivity contribution in [3.05, 3.63) is 23.9 Å². The molecule has 1 fully saturated rings. The average molecular weight is 326 g/mol. The largest absolute Gasteiger partial charge is 0.441 e. The van der Waals surface area contributed by atoms with Crippen LogP contribution in [0.3, 0.4) is 0 Å². The van der Waals surface area contributed by atoms with Gasteiger partial charge in [-0.05, 0) is 19.1 Å². The van der Waals surface area contributed by atoms with Crippen LogP contribution in [0.1, 0.15) is 5.69 Å². The molecule has 2 heterocycles. The van der Waals surface area contributed by atoms with E-state index in [-0.39, 0.29) is 13.2 Å². The first kappa shape index (κ1) is 14.8. The fraction of sp³-hybridized carbons (Fsp3) is 0.385. The van der Waals surface area contributed by atoms with Gasteiger partial charge in [0.1, 0.15) is 12.7 Å². The predicted octanol–water partition coefficient (Wildman–Crippen LogP) is 1.44. The van der Waals surface area contributed by atoms with Crippen LogP contribution in [0, 0.1) is 6.92 Å². The first-order valence-electron chi connectivity index (χ1n) is 6.52. The lowest BCUT2D eigenvalue weighted by molar-refractivity contribution is 0.107. The Bertz CT molecular complexity index is 828. The highest BCUT2D eigenvalue weighted by molar-refractivity contribution is 7.85. The van der Waals surface area contributed by atoms with E-state index in [0.29, 0.717) is 11.3 Å². The standard InChI is InChI=1S/C13H14N2O6S/c1-8-11-4-3-9(5-12(11)21-14-8)15-6-10(20-13(15)16)7-19-22(2,17)18/h3-5,10H,6-7H2,1-2H3. The number of hydrogen-bond acceptors (Lipinski definition) is 7. The van der Waals surface area contributed by atoms with Gasteiger partial charge in [-0.2, -0.15) is 8.42 Å². The summed E-state index contributed by atoms with van der Waals surface area (Å²) >= 11 is 0. The minimum absolute atomic E-state index is 0.201. The second kappa shape index (κ2) is 5.25. The lowest BCUT2D eigenvalue weighted by atomic mass is 10.2. The topological polar surface area (TPSA) is 98.9 Å². The van der Waals surface area contributed by atoms with Crippen molar-refractivity contribution in [3.63, 3.8) is 0 Å². The minimum atomic E-state index is -3.57. The smallest absolute Gasteiger partial charge is 0.414 e. The number of benzene rings is 1. The molecule has 2 aromatic rings. The molecule has 1 saturated heterocycles. The van der Waals surface area contributed by atoms with Crippen molar-refractivity contribution in [1.29, 1.82) is 0 Å². The fourth-order valence-corrected chi connectivity index (χ4v) is 2.64. The third kappa shape index (κ3) is 2.90. The molecule has 1 unspecified atom stereocenters. The van der Waals surface area contributed by atoms with E-state index in [9.17, 15) is 13.2 Å². The van der Waals surface area contributed by atoms with E-state index >= 15 is 0 Å². The highest BCUT2D eigenvalue weighted by atomic mass is 32.2. The van der Waals surface area contributed by atoms with Gasteiger partial charge in [-0.25, -0.2) is 4.79 Å². The SMILES string of the molecule is Cc1noc2cc(N3CC(COS(C)(=O)=O)OC3=O)ccc12. The summed E-state index contributed by atoms with van der Waals surface area (Å²) in [6.45, 7) is 1.83. The Balaban J connectivity index is 1.77. The molecule has 0 bridgehead atoms. The first-order chi connectivity index (χ1) is 10.3. The van der Waals surface area contributed by atoms with Crippen LogP contribution < -0.4 is 4.90 Å². The molecule has 9 heteroatoms. The van der Waals surface area contributed by atoms with E-state index in [1.807, 2.05) is 13.0 Å². The van der Waals surface area contributed by atoms with Crippen molar-refractivity contribution in [2.24, 2.45) is 0 Å². The number of fused-ring (bicyclic) bond motifs is 1. The van der Waals surface area contributed by atoms with E-state index < -0.39 is 22.3 Å². The molecule has 1 aliphatic heterocycles. The zero-order valence-electron chi connectivity index (χ0n) is 12.0. The van der Waals surface area contributed by atoms with Crippen LogP contribution in [0.5, 0.6) is 0 Å². The summed E-state index contributed by atoms with van der Waals surface area (Å²) in [6, 6.07) is 5.26. The predicted molar refractivity (Wildman–Crippen MR) is 77.2 cm³/mol. The second-order valence-corrected chi connectivity index (χ2v) is 6.70. The Labute approximate surface area is 126 Å². The van der Waals surface area contributed by atoms with Gasteiger partial charge in [0, 0.05) is 11.5 Å². The van der Waals surface area contributed by atoms with Gasteiger partial charge in [-0.3, -0.25) is 9.08 Å². The van der Waals surface area contributed by atoms with Gasteiger partial charge < -0.3 is 9.26 Å². The number of amides is 1. The Hall–Kier alpha value is -2.13. The number of rotatable bonds is 4. The highest BCUT2D eigenvalue weighted by Crippen LogP contribution is 2.27. The minimum Gasteiger partial charge on any atom is -0.441 e. The summed E-state index contributed by atoms with van der Waals surface area (Å²) in [5, 5.41) is 4.73. The molecule has 22 heavy (non-hydrogen) atoms. The maximum atomic E-state index is 11.9. The molecule has 8 nitrogen and oxygen atoms in total. The average Bonchev–Trinajstić information content (AvgIpc) is 2.99. The number of hydrogen-bond donors (Lipinski definition) is 0.